The van der Waals surface area contributed by atoms with Gasteiger partial charge in [0.25, 0.3) is 5.91 Å². The largest absolute Gasteiger partial charge is 0.399 e. The molecule has 88 valence electrons. The van der Waals surface area contributed by atoms with Crippen LogP contribution in [0.25, 0.3) is 0 Å². The Morgan fingerprint density at radius 3 is 2.82 bits per heavy atom. The minimum Gasteiger partial charge on any atom is -0.399 e. The molecular formula is C11H13N5O. The molecule has 0 radical (unpaired) electrons. The maximum Gasteiger partial charge on any atom is 0.253 e. The molecule has 0 aliphatic heterocycles. The number of carbonyl (C=O) groups excluding carboxylic acids is 1. The van der Waals surface area contributed by atoms with Crippen LogP contribution in [-0.4, -0.2) is 16.1 Å². The molecule has 0 saturated heterocycles. The van der Waals surface area contributed by atoms with Crippen LogP contribution in [0.5, 0.6) is 0 Å². The van der Waals surface area contributed by atoms with Gasteiger partial charge < -0.3 is 16.8 Å². The summed E-state index contributed by atoms with van der Waals surface area (Å²) in [6, 6.07) is 6.59. The van der Waals surface area contributed by atoms with Crippen molar-refractivity contribution in [1.29, 1.82) is 0 Å². The lowest BCUT2D eigenvalue weighted by Crippen LogP contribution is -2.24. The molecule has 1 amide bonds. The number of hydrogen-bond donors (Lipinski definition) is 4. The van der Waals surface area contributed by atoms with E-state index in [2.05, 4.69) is 15.5 Å². The van der Waals surface area contributed by atoms with Crippen LogP contribution in [0.15, 0.2) is 30.5 Å². The van der Waals surface area contributed by atoms with Crippen molar-refractivity contribution >= 4 is 17.3 Å². The Kier molecular flexibility index (Phi) is 2.95. The molecule has 0 unspecified atom stereocenters. The lowest BCUT2D eigenvalue weighted by Gasteiger charge is -2.07. The van der Waals surface area contributed by atoms with E-state index in [4.69, 9.17) is 11.5 Å². The minimum absolute atomic E-state index is 0.239. The van der Waals surface area contributed by atoms with Gasteiger partial charge in [0.15, 0.2) is 0 Å². The number of H-pyrrole nitrogens is 1. The number of nitrogens with zero attached hydrogens (tertiary/aromatic N) is 1. The van der Waals surface area contributed by atoms with E-state index in [0.717, 1.165) is 5.69 Å². The number of amides is 1. The molecule has 0 bridgehead atoms. The van der Waals surface area contributed by atoms with E-state index < -0.39 is 0 Å². The lowest BCUT2D eigenvalue weighted by molar-refractivity contribution is 0.0951. The maximum absolute atomic E-state index is 11.8. The summed E-state index contributed by atoms with van der Waals surface area (Å²) in [6.45, 7) is 0.378. The second-order valence-electron chi connectivity index (χ2n) is 3.61. The number of aromatic amines is 1. The van der Waals surface area contributed by atoms with E-state index in [1.807, 2.05) is 0 Å². The SMILES string of the molecule is Nc1ccc(C(=O)NCc2ccn[nH]2)c(N)c1. The molecule has 6 nitrogen and oxygen atoms in total. The second kappa shape index (κ2) is 4.56. The van der Waals surface area contributed by atoms with Gasteiger partial charge in [-0.2, -0.15) is 5.10 Å². The van der Waals surface area contributed by atoms with Crippen LogP contribution in [0.3, 0.4) is 0 Å². The van der Waals surface area contributed by atoms with Crippen molar-refractivity contribution in [3.8, 4) is 0 Å². The molecule has 0 aliphatic rings. The highest BCUT2D eigenvalue weighted by Gasteiger charge is 2.09. The van der Waals surface area contributed by atoms with Crippen LogP contribution in [0.2, 0.25) is 0 Å². The molecular weight excluding hydrogens is 218 g/mol. The average Bonchev–Trinajstić information content (AvgIpc) is 2.78. The van der Waals surface area contributed by atoms with Gasteiger partial charge in [-0.15, -0.1) is 0 Å². The summed E-state index contributed by atoms with van der Waals surface area (Å²) in [7, 11) is 0. The molecule has 1 aromatic carbocycles. The predicted octanol–water partition coefficient (Wildman–Crippen LogP) is 0.504. The topological polar surface area (TPSA) is 110 Å². The summed E-state index contributed by atoms with van der Waals surface area (Å²) in [4.78, 5) is 11.8. The van der Waals surface area contributed by atoms with Crippen molar-refractivity contribution in [2.24, 2.45) is 0 Å². The number of nitrogens with one attached hydrogen (secondary N) is 2. The van der Waals surface area contributed by atoms with Crippen LogP contribution in [0.4, 0.5) is 11.4 Å². The number of rotatable bonds is 3. The normalized spacial score (nSPS) is 10.1. The van der Waals surface area contributed by atoms with Crippen LogP contribution < -0.4 is 16.8 Å². The molecule has 0 saturated carbocycles. The average molecular weight is 231 g/mol. The number of anilines is 2. The highest BCUT2D eigenvalue weighted by atomic mass is 16.1. The number of carbonyl (C=O) groups is 1. The van der Waals surface area contributed by atoms with Crippen molar-refractivity contribution < 1.29 is 4.79 Å². The molecule has 0 aliphatic carbocycles. The van der Waals surface area contributed by atoms with Gasteiger partial charge in [-0.1, -0.05) is 0 Å². The summed E-state index contributed by atoms with van der Waals surface area (Å²) >= 11 is 0. The Morgan fingerprint density at radius 2 is 2.18 bits per heavy atom. The third-order valence-electron chi connectivity index (χ3n) is 2.32. The van der Waals surface area contributed by atoms with Crippen molar-refractivity contribution in [2.75, 3.05) is 11.5 Å². The number of nitrogens with two attached hydrogens (primary N) is 2. The van der Waals surface area contributed by atoms with Crippen LogP contribution in [-0.2, 0) is 6.54 Å². The van der Waals surface area contributed by atoms with Gasteiger partial charge in [0, 0.05) is 17.6 Å². The standard InChI is InChI=1S/C11H13N5O/c12-7-1-2-9(10(13)5-7)11(17)14-6-8-3-4-15-16-8/h1-5H,6,12-13H2,(H,14,17)(H,15,16). The number of aromatic nitrogens is 2. The van der Waals surface area contributed by atoms with Gasteiger partial charge >= 0.3 is 0 Å². The predicted molar refractivity (Wildman–Crippen MR) is 65.0 cm³/mol. The molecule has 2 aromatic rings. The molecule has 6 N–H and O–H groups in total. The van der Waals surface area contributed by atoms with Gasteiger partial charge in [-0.3, -0.25) is 9.89 Å². The monoisotopic (exact) mass is 231 g/mol. The fraction of sp³-hybridized carbons (Fsp3) is 0.0909. The zero-order valence-electron chi connectivity index (χ0n) is 9.10. The first-order chi connectivity index (χ1) is 8.16. The molecule has 6 heteroatoms. The van der Waals surface area contributed by atoms with E-state index >= 15 is 0 Å². The van der Waals surface area contributed by atoms with Gasteiger partial charge in [-0.25, -0.2) is 0 Å². The van der Waals surface area contributed by atoms with Crippen LogP contribution >= 0.6 is 0 Å². The molecule has 1 aromatic heterocycles. The van der Waals surface area contributed by atoms with E-state index in [1.54, 1.807) is 30.5 Å². The summed E-state index contributed by atoms with van der Waals surface area (Å²) in [6.07, 6.45) is 1.62. The fourth-order valence-electron chi connectivity index (χ4n) is 1.44. The zero-order valence-corrected chi connectivity index (χ0v) is 9.10. The molecule has 2 rings (SSSR count). The quantitative estimate of drug-likeness (QED) is 0.576. The fourth-order valence-corrected chi connectivity index (χ4v) is 1.44. The lowest BCUT2D eigenvalue weighted by atomic mass is 10.1. The summed E-state index contributed by atoms with van der Waals surface area (Å²) < 4.78 is 0. The number of benzene rings is 1. The Morgan fingerprint density at radius 1 is 1.35 bits per heavy atom. The summed E-state index contributed by atoms with van der Waals surface area (Å²) in [5, 5.41) is 9.27. The minimum atomic E-state index is -0.239. The van der Waals surface area contributed by atoms with E-state index in [1.165, 1.54) is 0 Å². The molecule has 0 spiro atoms. The second-order valence-corrected chi connectivity index (χ2v) is 3.61. The van der Waals surface area contributed by atoms with Gasteiger partial charge in [0.1, 0.15) is 0 Å². The van der Waals surface area contributed by atoms with Crippen molar-refractivity contribution in [3.63, 3.8) is 0 Å². The molecule has 0 fully saturated rings. The Balaban J connectivity index is 2.04. The maximum atomic E-state index is 11.8. The van der Waals surface area contributed by atoms with Crippen LogP contribution in [0.1, 0.15) is 16.1 Å². The third kappa shape index (κ3) is 2.54. The number of nitrogen functional groups attached to an aromatic ring is 2. The third-order valence-corrected chi connectivity index (χ3v) is 2.32. The van der Waals surface area contributed by atoms with Crippen molar-refractivity contribution in [2.45, 2.75) is 6.54 Å². The summed E-state index contributed by atoms with van der Waals surface area (Å²) in [5.41, 5.74) is 13.4. The Labute approximate surface area is 98.0 Å². The Hall–Kier alpha value is -2.50. The van der Waals surface area contributed by atoms with E-state index in [-0.39, 0.29) is 5.91 Å². The van der Waals surface area contributed by atoms with Crippen molar-refractivity contribution in [3.05, 3.63) is 41.7 Å². The number of hydrogen-bond acceptors (Lipinski definition) is 4. The van der Waals surface area contributed by atoms with Crippen LogP contribution in [0, 0.1) is 0 Å². The molecule has 1 heterocycles. The van der Waals surface area contributed by atoms with Gasteiger partial charge in [-0.05, 0) is 24.3 Å². The van der Waals surface area contributed by atoms with E-state index in [0.29, 0.717) is 23.5 Å². The smallest absolute Gasteiger partial charge is 0.253 e. The van der Waals surface area contributed by atoms with Gasteiger partial charge in [0.2, 0.25) is 0 Å². The highest BCUT2D eigenvalue weighted by Crippen LogP contribution is 2.15. The summed E-state index contributed by atoms with van der Waals surface area (Å²) in [5.74, 6) is -0.239. The van der Waals surface area contributed by atoms with Crippen molar-refractivity contribution in [1.82, 2.24) is 15.5 Å². The first-order valence-corrected chi connectivity index (χ1v) is 5.08. The highest BCUT2D eigenvalue weighted by molar-refractivity contribution is 5.99. The Bertz CT molecular complexity index is 521. The van der Waals surface area contributed by atoms with E-state index in [9.17, 15) is 4.79 Å². The first-order valence-electron chi connectivity index (χ1n) is 5.08. The first kappa shape index (κ1) is 11.0. The molecule has 0 atom stereocenters. The van der Waals surface area contributed by atoms with Gasteiger partial charge in [0.05, 0.1) is 17.8 Å². The zero-order chi connectivity index (χ0) is 12.3. The molecule has 17 heavy (non-hydrogen) atoms.